The maximum Gasteiger partial charge on any atom is 0.207 e. The number of pyridine rings is 1. The van der Waals surface area contributed by atoms with Gasteiger partial charge in [0.15, 0.2) is 5.82 Å². The number of benzene rings is 7. The lowest BCUT2D eigenvalue weighted by Gasteiger charge is -2.24. The highest BCUT2D eigenvalue weighted by atomic mass is 32.2. The first-order valence-corrected chi connectivity index (χ1v) is 24.0. The number of hydrogen-bond donors (Lipinski definition) is 0. The summed E-state index contributed by atoms with van der Waals surface area (Å²) in [5.74, 6) is 0.501. The summed E-state index contributed by atoms with van der Waals surface area (Å²) in [6.45, 7) is 10.4. The van der Waals surface area contributed by atoms with E-state index in [0.717, 1.165) is 94.8 Å². The molecule has 6 heteroatoms. The second kappa shape index (κ2) is 16.4. The molecule has 3 heterocycles. The monoisotopic (exact) mass is 883 g/mol. The topological polar surface area (TPSA) is 72.8 Å². The van der Waals surface area contributed by atoms with Gasteiger partial charge >= 0.3 is 0 Å². The Labute approximate surface area is 392 Å². The molecule has 9 aromatic rings. The average molecular weight is 884 g/mol. The molecular formula is C61H45N3O2S. The molecule has 1 aliphatic heterocycles. The van der Waals surface area contributed by atoms with Crippen LogP contribution in [0.2, 0.25) is 0 Å². The summed E-state index contributed by atoms with van der Waals surface area (Å²) in [4.78, 5) is 15.4. The molecule has 1 aliphatic carbocycles. The van der Waals surface area contributed by atoms with Crippen LogP contribution in [0.5, 0.6) is 0 Å². The lowest BCUT2D eigenvalue weighted by Crippen LogP contribution is -2.16. The lowest BCUT2D eigenvalue weighted by atomic mass is 9.81. The maximum atomic E-state index is 15.9. The second-order valence-corrected chi connectivity index (χ2v) is 19.4. The van der Waals surface area contributed by atoms with Crippen LogP contribution in [0.25, 0.3) is 95.0 Å². The van der Waals surface area contributed by atoms with Gasteiger partial charge in [-0.2, -0.15) is 0 Å². The van der Waals surface area contributed by atoms with Gasteiger partial charge < -0.3 is 0 Å². The summed E-state index contributed by atoms with van der Waals surface area (Å²) in [5.41, 5.74) is 16.6. The molecule has 0 saturated heterocycles. The SMILES string of the molecule is C=C/C=C(\C=C/C)c1cc(-c2ccc(-c3cccnc3)cc2)nc(-c2ccc3c(c2)-c2cc4c(cc2S(=O)(=O)c2ccccc2-c2ccccc2-c2ccccc2-3)C(C)(C)c2ccccc2-4)n1. The Hall–Kier alpha value is -8.06. The Bertz CT molecular complexity index is 3640. The first kappa shape index (κ1) is 41.6. The Balaban J connectivity index is 1.22. The Morgan fingerprint density at radius 2 is 1.13 bits per heavy atom. The minimum Gasteiger partial charge on any atom is -0.264 e. The van der Waals surface area contributed by atoms with Gasteiger partial charge in [0.05, 0.1) is 21.2 Å². The van der Waals surface area contributed by atoms with Gasteiger partial charge in [-0.25, -0.2) is 18.4 Å². The quantitative estimate of drug-likeness (QED) is 0.156. The summed E-state index contributed by atoms with van der Waals surface area (Å²) in [6.07, 6.45) is 11.4. The van der Waals surface area contributed by atoms with E-state index >= 15 is 8.42 Å². The van der Waals surface area contributed by atoms with Crippen molar-refractivity contribution in [2.75, 3.05) is 0 Å². The van der Waals surface area contributed by atoms with Crippen molar-refractivity contribution in [3.8, 4) is 89.4 Å². The average Bonchev–Trinajstić information content (AvgIpc) is 3.60. The zero-order valence-corrected chi connectivity index (χ0v) is 38.2. The normalized spacial score (nSPS) is 14.0. The third-order valence-corrected chi connectivity index (χ3v) is 15.1. The van der Waals surface area contributed by atoms with Crippen LogP contribution in [0, 0.1) is 0 Å². The van der Waals surface area contributed by atoms with Gasteiger partial charge in [0.25, 0.3) is 0 Å². The van der Waals surface area contributed by atoms with E-state index in [0.29, 0.717) is 17.0 Å². The van der Waals surface area contributed by atoms with Gasteiger partial charge in [-0.15, -0.1) is 0 Å². The van der Waals surface area contributed by atoms with Crippen LogP contribution in [-0.2, 0) is 15.3 Å². The number of rotatable bonds is 6. The highest BCUT2D eigenvalue weighted by Gasteiger charge is 2.39. The number of sulfone groups is 1. The van der Waals surface area contributed by atoms with Crippen LogP contribution in [-0.4, -0.2) is 23.4 Å². The molecule has 0 fully saturated rings. The molecular weight excluding hydrogens is 839 g/mol. The van der Waals surface area contributed by atoms with Gasteiger partial charge in [-0.1, -0.05) is 178 Å². The van der Waals surface area contributed by atoms with Gasteiger partial charge in [-0.3, -0.25) is 4.98 Å². The molecule has 67 heavy (non-hydrogen) atoms. The first-order chi connectivity index (χ1) is 32.6. The van der Waals surface area contributed by atoms with Crippen LogP contribution in [0.4, 0.5) is 0 Å². The number of aromatic nitrogens is 3. The van der Waals surface area contributed by atoms with Crippen LogP contribution in [0.1, 0.15) is 37.6 Å². The fourth-order valence-electron chi connectivity index (χ4n) is 10.0. The highest BCUT2D eigenvalue weighted by Crippen LogP contribution is 2.54. The number of fused-ring (bicyclic) bond motifs is 12. The molecule has 2 aliphatic rings. The molecule has 2 aromatic heterocycles. The lowest BCUT2D eigenvalue weighted by molar-refractivity contribution is 0.596. The molecule has 0 atom stereocenters. The van der Waals surface area contributed by atoms with Crippen molar-refractivity contribution >= 4 is 15.4 Å². The van der Waals surface area contributed by atoms with Gasteiger partial charge in [0.1, 0.15) is 0 Å². The van der Waals surface area contributed by atoms with E-state index in [1.54, 1.807) is 18.3 Å². The van der Waals surface area contributed by atoms with Crippen molar-refractivity contribution in [3.05, 3.63) is 230 Å². The van der Waals surface area contributed by atoms with E-state index < -0.39 is 15.3 Å². The zero-order valence-electron chi connectivity index (χ0n) is 37.4. The number of nitrogens with zero attached hydrogens (tertiary/aromatic N) is 3. The maximum absolute atomic E-state index is 15.9. The molecule has 0 amide bonds. The third kappa shape index (κ3) is 7.00. The largest absolute Gasteiger partial charge is 0.264 e. The molecule has 0 saturated carbocycles. The Kier molecular flexibility index (Phi) is 10.2. The Morgan fingerprint density at radius 1 is 0.522 bits per heavy atom. The predicted octanol–water partition coefficient (Wildman–Crippen LogP) is 15.1. The summed E-state index contributed by atoms with van der Waals surface area (Å²) in [5, 5.41) is 0. The highest BCUT2D eigenvalue weighted by molar-refractivity contribution is 7.91. The Morgan fingerprint density at radius 3 is 1.81 bits per heavy atom. The van der Waals surface area contributed by atoms with Crippen LogP contribution < -0.4 is 0 Å². The second-order valence-electron chi connectivity index (χ2n) is 17.6. The fraction of sp³-hybridized carbons (Fsp3) is 0.0656. The fourth-order valence-corrected chi connectivity index (χ4v) is 11.7. The molecule has 0 N–H and O–H groups in total. The minimum absolute atomic E-state index is 0.253. The molecule has 7 aromatic carbocycles. The van der Waals surface area contributed by atoms with E-state index in [4.69, 9.17) is 9.97 Å². The van der Waals surface area contributed by atoms with E-state index in [1.807, 2.05) is 92.0 Å². The van der Waals surface area contributed by atoms with Gasteiger partial charge in [0, 0.05) is 40.1 Å². The summed E-state index contributed by atoms with van der Waals surface area (Å²) in [7, 11) is -4.18. The standard InChI is InChI=1S/C61H45N3O2S/c1-5-16-40(17-6-2)56-37-57(41-29-27-39(28-30-41)43-18-15-33-62-38-43)64-60(63-56)42-31-32-48-46-21-8-7-19-44(46)45-20-9-10-22-47(45)50-24-12-14-26-58(50)67(65,66)59-36-55-52(35-53(59)51(48)34-42)49-23-11-13-25-54(49)61(55,3)4/h5-38H,1H2,2-4H3/b17-6-,40-16+. The molecule has 0 spiro atoms. The van der Waals surface area contributed by atoms with Crippen molar-refractivity contribution in [3.63, 3.8) is 0 Å². The third-order valence-electron chi connectivity index (χ3n) is 13.3. The zero-order chi connectivity index (χ0) is 45.9. The van der Waals surface area contributed by atoms with Crippen molar-refractivity contribution in [2.45, 2.75) is 36.0 Å². The molecule has 11 rings (SSSR count). The molecule has 322 valence electrons. The first-order valence-electron chi connectivity index (χ1n) is 22.5. The van der Waals surface area contributed by atoms with Crippen LogP contribution in [0.15, 0.2) is 223 Å². The summed E-state index contributed by atoms with van der Waals surface area (Å²) in [6, 6.07) is 57.0. The van der Waals surface area contributed by atoms with E-state index in [1.165, 1.54) is 0 Å². The minimum atomic E-state index is -4.18. The van der Waals surface area contributed by atoms with Crippen molar-refractivity contribution < 1.29 is 8.42 Å². The van der Waals surface area contributed by atoms with Crippen molar-refractivity contribution in [2.24, 2.45) is 0 Å². The van der Waals surface area contributed by atoms with Gasteiger partial charge in [-0.05, 0) is 116 Å². The smallest absolute Gasteiger partial charge is 0.207 e. The van der Waals surface area contributed by atoms with E-state index in [9.17, 15) is 0 Å². The molecule has 0 radical (unpaired) electrons. The van der Waals surface area contributed by atoms with Crippen molar-refractivity contribution in [1.82, 2.24) is 15.0 Å². The number of hydrogen-bond acceptors (Lipinski definition) is 5. The molecule has 0 unspecified atom stereocenters. The summed E-state index contributed by atoms with van der Waals surface area (Å²) >= 11 is 0. The van der Waals surface area contributed by atoms with E-state index in [2.05, 4.69) is 129 Å². The van der Waals surface area contributed by atoms with Crippen molar-refractivity contribution in [1.29, 1.82) is 0 Å². The molecule has 5 nitrogen and oxygen atoms in total. The molecule has 0 bridgehead atoms. The summed E-state index contributed by atoms with van der Waals surface area (Å²) < 4.78 is 31.8. The number of allylic oxidation sites excluding steroid dienone is 5. The van der Waals surface area contributed by atoms with Crippen LogP contribution >= 0.6 is 0 Å². The van der Waals surface area contributed by atoms with Gasteiger partial charge in [0.2, 0.25) is 9.84 Å². The predicted molar refractivity (Wildman–Crippen MR) is 274 cm³/mol. The van der Waals surface area contributed by atoms with E-state index in [-0.39, 0.29) is 9.79 Å². The van der Waals surface area contributed by atoms with Crippen LogP contribution in [0.3, 0.4) is 0 Å².